The molecule has 0 N–H and O–H groups in total. The van der Waals surface area contributed by atoms with Crippen LogP contribution in [-0.4, -0.2) is 51.0 Å². The molecule has 2 saturated heterocycles. The van der Waals surface area contributed by atoms with Crippen LogP contribution in [-0.2, 0) is 6.54 Å². The van der Waals surface area contributed by atoms with Gasteiger partial charge in [0.25, 0.3) is 0 Å². The molecule has 0 aromatic carbocycles. The zero-order chi connectivity index (χ0) is 15.8. The third-order valence-electron chi connectivity index (χ3n) is 5.19. The first kappa shape index (κ1) is 14.5. The minimum atomic E-state index is 0.731. The Hall–Kier alpha value is -2.08. The molecule has 6 heteroatoms. The molecule has 0 radical (unpaired) electrons. The summed E-state index contributed by atoms with van der Waals surface area (Å²) >= 11 is 0. The van der Waals surface area contributed by atoms with Gasteiger partial charge >= 0.3 is 0 Å². The molecule has 0 amide bonds. The molecule has 0 spiro atoms. The van der Waals surface area contributed by atoms with E-state index in [0.29, 0.717) is 0 Å². The van der Waals surface area contributed by atoms with E-state index in [0.717, 1.165) is 56.1 Å². The van der Waals surface area contributed by atoms with E-state index in [9.17, 15) is 0 Å². The summed E-state index contributed by atoms with van der Waals surface area (Å²) in [4.78, 5) is 22.0. The fourth-order valence-corrected chi connectivity index (χ4v) is 3.91. The number of hydrogen-bond acceptors (Lipinski definition) is 6. The molecule has 0 aliphatic carbocycles. The van der Waals surface area contributed by atoms with Crippen LogP contribution in [0.4, 0.5) is 5.82 Å². The van der Waals surface area contributed by atoms with Crippen molar-refractivity contribution in [1.82, 2.24) is 24.8 Å². The predicted molar refractivity (Wildman–Crippen MR) is 88.0 cm³/mol. The fraction of sp³-hybridized carbons (Fsp3) is 0.529. The summed E-state index contributed by atoms with van der Waals surface area (Å²) in [6.07, 6.45) is 7.11. The molecule has 2 atom stereocenters. The van der Waals surface area contributed by atoms with Crippen LogP contribution in [0.1, 0.15) is 16.8 Å². The quantitative estimate of drug-likeness (QED) is 0.855. The van der Waals surface area contributed by atoms with Gasteiger partial charge in [0.1, 0.15) is 18.5 Å². The number of rotatable bonds is 3. The zero-order valence-electron chi connectivity index (χ0n) is 13.7. The van der Waals surface area contributed by atoms with Crippen molar-refractivity contribution < 1.29 is 0 Å². The highest BCUT2D eigenvalue weighted by Gasteiger charge is 2.40. The molecule has 4 rings (SSSR count). The van der Waals surface area contributed by atoms with Gasteiger partial charge in [0.2, 0.25) is 0 Å². The molecular weight excluding hydrogens is 288 g/mol. The molecule has 0 saturated carbocycles. The minimum Gasteiger partial charge on any atom is -0.356 e. The van der Waals surface area contributed by atoms with Crippen LogP contribution in [0, 0.1) is 25.7 Å². The second kappa shape index (κ2) is 5.85. The average Bonchev–Trinajstić information content (AvgIpc) is 3.09. The van der Waals surface area contributed by atoms with Gasteiger partial charge in [-0.05, 0) is 25.7 Å². The second-order valence-electron chi connectivity index (χ2n) is 6.77. The summed E-state index contributed by atoms with van der Waals surface area (Å²) in [5.41, 5.74) is 3.50. The molecular formula is C17H22N6. The number of anilines is 1. The maximum absolute atomic E-state index is 4.52. The Balaban J connectivity index is 1.41. The highest BCUT2D eigenvalue weighted by molar-refractivity contribution is 5.48. The first-order valence-corrected chi connectivity index (χ1v) is 8.20. The number of fused-ring (bicyclic) bond motifs is 1. The number of aryl methyl sites for hydroxylation is 1. The van der Waals surface area contributed by atoms with Crippen molar-refractivity contribution in [2.24, 2.45) is 11.8 Å². The first-order chi connectivity index (χ1) is 11.2. The summed E-state index contributed by atoms with van der Waals surface area (Å²) in [7, 11) is 0. The fourth-order valence-electron chi connectivity index (χ4n) is 3.91. The molecule has 2 unspecified atom stereocenters. The van der Waals surface area contributed by atoms with Crippen molar-refractivity contribution in [2.45, 2.75) is 20.4 Å². The normalized spacial score (nSPS) is 24.2. The third kappa shape index (κ3) is 2.79. The molecule has 2 aromatic heterocycles. The lowest BCUT2D eigenvalue weighted by atomic mass is 10.0. The lowest BCUT2D eigenvalue weighted by Crippen LogP contribution is -2.29. The van der Waals surface area contributed by atoms with Gasteiger partial charge in [0.05, 0.1) is 0 Å². The first-order valence-electron chi connectivity index (χ1n) is 8.20. The van der Waals surface area contributed by atoms with Crippen LogP contribution in [0.3, 0.4) is 0 Å². The van der Waals surface area contributed by atoms with Crippen molar-refractivity contribution in [3.8, 4) is 0 Å². The van der Waals surface area contributed by atoms with E-state index < -0.39 is 0 Å². The molecule has 120 valence electrons. The maximum Gasteiger partial charge on any atom is 0.135 e. The Morgan fingerprint density at radius 1 is 0.957 bits per heavy atom. The van der Waals surface area contributed by atoms with Gasteiger partial charge in [-0.3, -0.25) is 4.90 Å². The van der Waals surface area contributed by atoms with Gasteiger partial charge in [-0.15, -0.1) is 0 Å². The summed E-state index contributed by atoms with van der Waals surface area (Å²) in [6, 6.07) is 0. The van der Waals surface area contributed by atoms with Crippen LogP contribution in [0.5, 0.6) is 0 Å². The number of nitrogens with zero attached hydrogens (tertiary/aromatic N) is 6. The molecule has 2 aromatic rings. The van der Waals surface area contributed by atoms with E-state index in [1.165, 1.54) is 11.1 Å². The Kier molecular flexibility index (Phi) is 3.69. The van der Waals surface area contributed by atoms with E-state index >= 15 is 0 Å². The van der Waals surface area contributed by atoms with Gasteiger partial charge in [-0.2, -0.15) is 0 Å². The Labute approximate surface area is 136 Å². The van der Waals surface area contributed by atoms with Crippen LogP contribution >= 0.6 is 0 Å². The molecule has 6 nitrogen and oxygen atoms in total. The van der Waals surface area contributed by atoms with Crippen LogP contribution < -0.4 is 4.90 Å². The summed E-state index contributed by atoms with van der Waals surface area (Å²) in [5, 5.41) is 0. The van der Waals surface area contributed by atoms with Crippen molar-refractivity contribution >= 4 is 5.82 Å². The van der Waals surface area contributed by atoms with E-state index in [1.807, 2.05) is 12.4 Å². The summed E-state index contributed by atoms with van der Waals surface area (Å²) in [5.74, 6) is 2.58. The van der Waals surface area contributed by atoms with Gasteiger partial charge in [0, 0.05) is 61.9 Å². The van der Waals surface area contributed by atoms with Crippen molar-refractivity contribution in [3.05, 3.63) is 41.9 Å². The molecule has 0 bridgehead atoms. The van der Waals surface area contributed by atoms with E-state index in [2.05, 4.69) is 43.6 Å². The number of hydrogen-bond donors (Lipinski definition) is 0. The van der Waals surface area contributed by atoms with Crippen LogP contribution in [0.2, 0.25) is 0 Å². The van der Waals surface area contributed by atoms with Crippen LogP contribution in [0.25, 0.3) is 0 Å². The highest BCUT2D eigenvalue weighted by Crippen LogP contribution is 2.34. The molecule has 2 aliphatic rings. The topological polar surface area (TPSA) is 58.0 Å². The van der Waals surface area contributed by atoms with Crippen molar-refractivity contribution in [3.63, 3.8) is 0 Å². The van der Waals surface area contributed by atoms with E-state index in [1.54, 1.807) is 12.7 Å². The average molecular weight is 310 g/mol. The van der Waals surface area contributed by atoms with E-state index in [4.69, 9.17) is 0 Å². The zero-order valence-corrected chi connectivity index (χ0v) is 13.7. The minimum absolute atomic E-state index is 0.731. The van der Waals surface area contributed by atoms with E-state index in [-0.39, 0.29) is 0 Å². The van der Waals surface area contributed by atoms with Crippen LogP contribution in [0.15, 0.2) is 25.0 Å². The SMILES string of the molecule is Cc1ncnc(N2CC3CN(Cc4cncnc4)CC3C2)c1C. The Morgan fingerprint density at radius 2 is 1.65 bits per heavy atom. The lowest BCUT2D eigenvalue weighted by molar-refractivity contribution is 0.308. The third-order valence-corrected chi connectivity index (χ3v) is 5.19. The van der Waals surface area contributed by atoms with Gasteiger partial charge < -0.3 is 4.90 Å². The maximum atomic E-state index is 4.52. The summed E-state index contributed by atoms with van der Waals surface area (Å²) < 4.78 is 0. The van der Waals surface area contributed by atoms with Gasteiger partial charge in [-0.1, -0.05) is 0 Å². The van der Waals surface area contributed by atoms with Crippen molar-refractivity contribution in [1.29, 1.82) is 0 Å². The van der Waals surface area contributed by atoms with Gasteiger partial charge in [0.15, 0.2) is 0 Å². The molecule has 4 heterocycles. The van der Waals surface area contributed by atoms with Crippen molar-refractivity contribution in [2.75, 3.05) is 31.1 Å². The van der Waals surface area contributed by atoms with Gasteiger partial charge in [-0.25, -0.2) is 19.9 Å². The standard InChI is InChI=1S/C17H22N6/c1-12-13(2)20-11-21-17(12)23-8-15-6-22(7-16(15)9-23)5-14-3-18-10-19-4-14/h3-4,10-11,15-16H,5-9H2,1-2H3. The highest BCUT2D eigenvalue weighted by atomic mass is 15.3. The number of aromatic nitrogens is 4. The monoisotopic (exact) mass is 310 g/mol. The largest absolute Gasteiger partial charge is 0.356 e. The number of likely N-dealkylation sites (tertiary alicyclic amines) is 1. The molecule has 23 heavy (non-hydrogen) atoms. The smallest absolute Gasteiger partial charge is 0.135 e. The Bertz CT molecular complexity index is 675. The summed E-state index contributed by atoms with van der Waals surface area (Å²) in [6.45, 7) is 9.65. The predicted octanol–water partition coefficient (Wildman–Crippen LogP) is 1.45. The molecule has 2 aliphatic heterocycles. The molecule has 2 fully saturated rings. The Morgan fingerprint density at radius 3 is 2.35 bits per heavy atom. The second-order valence-corrected chi connectivity index (χ2v) is 6.77. The lowest BCUT2D eigenvalue weighted by Gasteiger charge is -2.23.